The number of carbonyl (C=O) groups excluding carboxylic acids is 1. The molecular weight excluding hydrogens is 332 g/mol. The molecule has 0 saturated carbocycles. The van der Waals surface area contributed by atoms with Crippen LogP contribution in [0.4, 0.5) is 0 Å². The third kappa shape index (κ3) is 3.35. The Balaban J connectivity index is 1.50. The topological polar surface area (TPSA) is 61.9 Å². The lowest BCUT2D eigenvalue weighted by Gasteiger charge is -2.31. The van der Waals surface area contributed by atoms with Crippen molar-refractivity contribution in [3.63, 3.8) is 0 Å². The van der Waals surface area contributed by atoms with Gasteiger partial charge < -0.3 is 4.90 Å². The van der Waals surface area contributed by atoms with Gasteiger partial charge in [0, 0.05) is 29.4 Å². The van der Waals surface area contributed by atoms with E-state index in [9.17, 15) is 4.79 Å². The molecule has 0 unspecified atom stereocenters. The first-order valence-electron chi connectivity index (χ1n) is 8.54. The Hall–Kier alpha value is -2.47. The van der Waals surface area contributed by atoms with E-state index in [1.165, 1.54) is 4.88 Å². The van der Waals surface area contributed by atoms with Gasteiger partial charge in [0.05, 0.1) is 4.88 Å². The molecule has 1 amide bonds. The Bertz CT molecular complexity index is 870. The molecule has 5 nitrogen and oxygen atoms in total. The Labute approximate surface area is 150 Å². The summed E-state index contributed by atoms with van der Waals surface area (Å²) in [5.74, 6) is 1.93. The molecule has 4 rings (SSSR count). The molecule has 0 radical (unpaired) electrons. The van der Waals surface area contributed by atoms with Crippen molar-refractivity contribution < 1.29 is 4.79 Å². The van der Waals surface area contributed by atoms with Gasteiger partial charge in [0.25, 0.3) is 5.91 Å². The summed E-state index contributed by atoms with van der Waals surface area (Å²) < 4.78 is 0. The maximum absolute atomic E-state index is 12.7. The average molecular weight is 352 g/mol. The number of nitrogens with one attached hydrogen (secondary N) is 1. The van der Waals surface area contributed by atoms with Crippen molar-refractivity contribution in [1.82, 2.24) is 20.1 Å². The van der Waals surface area contributed by atoms with Gasteiger partial charge in [-0.1, -0.05) is 30.3 Å². The van der Waals surface area contributed by atoms with E-state index in [4.69, 9.17) is 0 Å². The Morgan fingerprint density at radius 2 is 2.08 bits per heavy atom. The molecule has 3 heterocycles. The molecule has 1 aliphatic heterocycles. The molecule has 1 atom stereocenters. The molecule has 1 aliphatic rings. The van der Waals surface area contributed by atoms with Gasteiger partial charge in [-0.3, -0.25) is 9.89 Å². The highest BCUT2D eigenvalue weighted by Crippen LogP contribution is 2.28. The van der Waals surface area contributed by atoms with Crippen molar-refractivity contribution in [3.05, 3.63) is 58.0 Å². The number of carbonyl (C=O) groups is 1. The van der Waals surface area contributed by atoms with E-state index in [0.717, 1.165) is 35.7 Å². The standard InChI is InChI=1S/C19H20N4OS/c1-13-9-10-16(25-13)19(24)23-11-5-8-15(12-23)18-20-17(21-22-18)14-6-3-2-4-7-14/h2-4,6-7,9-10,15H,5,8,11-12H2,1H3,(H,20,21,22)/t15-/m1/s1. The maximum atomic E-state index is 12.7. The van der Waals surface area contributed by atoms with E-state index in [0.29, 0.717) is 12.4 Å². The van der Waals surface area contributed by atoms with Crippen LogP contribution in [0, 0.1) is 6.92 Å². The van der Waals surface area contributed by atoms with Crippen LogP contribution in [-0.2, 0) is 0 Å². The minimum absolute atomic E-state index is 0.130. The summed E-state index contributed by atoms with van der Waals surface area (Å²) in [6.45, 7) is 3.53. The lowest BCUT2D eigenvalue weighted by Crippen LogP contribution is -2.39. The van der Waals surface area contributed by atoms with Crippen molar-refractivity contribution in [2.75, 3.05) is 13.1 Å². The summed E-state index contributed by atoms with van der Waals surface area (Å²) in [7, 11) is 0. The molecule has 25 heavy (non-hydrogen) atoms. The quantitative estimate of drug-likeness (QED) is 0.778. The smallest absolute Gasteiger partial charge is 0.263 e. The molecule has 3 aromatic rings. The van der Waals surface area contributed by atoms with Gasteiger partial charge in [0.15, 0.2) is 5.82 Å². The van der Waals surface area contributed by atoms with Crippen LogP contribution in [0.25, 0.3) is 11.4 Å². The molecule has 128 valence electrons. The molecule has 0 bridgehead atoms. The minimum atomic E-state index is 0.130. The first-order chi connectivity index (χ1) is 12.2. The largest absolute Gasteiger partial charge is 0.337 e. The number of aryl methyl sites for hydroxylation is 1. The molecule has 1 aromatic carbocycles. The molecule has 2 aromatic heterocycles. The second kappa shape index (κ2) is 6.80. The number of nitrogens with zero attached hydrogens (tertiary/aromatic N) is 3. The van der Waals surface area contributed by atoms with Gasteiger partial charge in [-0.25, -0.2) is 4.98 Å². The van der Waals surface area contributed by atoms with E-state index in [2.05, 4.69) is 15.2 Å². The summed E-state index contributed by atoms with van der Waals surface area (Å²) in [6.07, 6.45) is 2.01. The highest BCUT2D eigenvalue weighted by atomic mass is 32.1. The fourth-order valence-electron chi connectivity index (χ4n) is 3.26. The van der Waals surface area contributed by atoms with Crippen LogP contribution in [0.3, 0.4) is 0 Å². The van der Waals surface area contributed by atoms with Crippen molar-refractivity contribution in [3.8, 4) is 11.4 Å². The number of likely N-dealkylation sites (tertiary alicyclic amines) is 1. The number of rotatable bonds is 3. The maximum Gasteiger partial charge on any atom is 0.263 e. The lowest BCUT2D eigenvalue weighted by atomic mass is 9.97. The molecule has 1 fully saturated rings. The van der Waals surface area contributed by atoms with Crippen molar-refractivity contribution in [2.24, 2.45) is 0 Å². The number of piperidine rings is 1. The van der Waals surface area contributed by atoms with Crippen LogP contribution < -0.4 is 0 Å². The van der Waals surface area contributed by atoms with E-state index < -0.39 is 0 Å². The van der Waals surface area contributed by atoms with Gasteiger partial charge >= 0.3 is 0 Å². The summed E-state index contributed by atoms with van der Waals surface area (Å²) in [5, 5.41) is 7.44. The van der Waals surface area contributed by atoms with Crippen molar-refractivity contribution in [1.29, 1.82) is 0 Å². The van der Waals surface area contributed by atoms with Crippen LogP contribution in [0.1, 0.15) is 39.1 Å². The number of thiophene rings is 1. The fraction of sp³-hybridized carbons (Fsp3) is 0.316. The molecule has 1 N–H and O–H groups in total. The number of hydrogen-bond acceptors (Lipinski definition) is 4. The summed E-state index contributed by atoms with van der Waals surface area (Å²) in [4.78, 5) is 21.3. The predicted molar refractivity (Wildman–Crippen MR) is 98.8 cm³/mol. The van der Waals surface area contributed by atoms with Gasteiger partial charge in [-0.15, -0.1) is 11.3 Å². The summed E-state index contributed by atoms with van der Waals surface area (Å²) in [5.41, 5.74) is 1.00. The lowest BCUT2D eigenvalue weighted by molar-refractivity contribution is 0.0709. The number of benzene rings is 1. The predicted octanol–water partition coefficient (Wildman–Crippen LogP) is 3.86. The van der Waals surface area contributed by atoms with Gasteiger partial charge in [0.2, 0.25) is 0 Å². The normalized spacial score (nSPS) is 17.6. The van der Waals surface area contributed by atoms with Gasteiger partial charge in [0.1, 0.15) is 5.82 Å². The molecule has 0 aliphatic carbocycles. The number of amides is 1. The first kappa shape index (κ1) is 16.0. The summed E-state index contributed by atoms with van der Waals surface area (Å²) in [6, 6.07) is 13.9. The summed E-state index contributed by atoms with van der Waals surface area (Å²) >= 11 is 1.56. The first-order valence-corrected chi connectivity index (χ1v) is 9.36. The van der Waals surface area contributed by atoms with Crippen molar-refractivity contribution >= 4 is 17.2 Å². The molecular formula is C19H20N4OS. The van der Waals surface area contributed by atoms with Crippen molar-refractivity contribution in [2.45, 2.75) is 25.7 Å². The van der Waals surface area contributed by atoms with E-state index in [1.54, 1.807) is 11.3 Å². The van der Waals surface area contributed by atoms with Gasteiger partial charge in [-0.2, -0.15) is 5.10 Å². The third-order valence-corrected chi connectivity index (χ3v) is 5.57. The van der Waals surface area contributed by atoms with Crippen LogP contribution in [0.2, 0.25) is 0 Å². The number of aromatic amines is 1. The molecule has 1 saturated heterocycles. The Morgan fingerprint density at radius 3 is 2.84 bits per heavy atom. The second-order valence-corrected chi connectivity index (χ2v) is 7.70. The van der Waals surface area contributed by atoms with Crippen LogP contribution in [0.15, 0.2) is 42.5 Å². The Kier molecular flexibility index (Phi) is 4.36. The number of aromatic nitrogens is 3. The van der Waals surface area contributed by atoms with Crippen LogP contribution in [-0.4, -0.2) is 39.1 Å². The van der Waals surface area contributed by atoms with E-state index in [-0.39, 0.29) is 11.8 Å². The SMILES string of the molecule is Cc1ccc(C(=O)N2CCC[C@@H](c3nc(-c4ccccc4)n[nH]3)C2)s1. The van der Waals surface area contributed by atoms with Crippen LogP contribution >= 0.6 is 11.3 Å². The highest BCUT2D eigenvalue weighted by molar-refractivity contribution is 7.13. The zero-order valence-electron chi connectivity index (χ0n) is 14.1. The van der Waals surface area contributed by atoms with Crippen LogP contribution in [0.5, 0.6) is 0 Å². The zero-order chi connectivity index (χ0) is 17.2. The number of H-pyrrole nitrogens is 1. The molecule has 0 spiro atoms. The monoisotopic (exact) mass is 352 g/mol. The minimum Gasteiger partial charge on any atom is -0.337 e. The molecule has 6 heteroatoms. The highest BCUT2D eigenvalue weighted by Gasteiger charge is 2.28. The van der Waals surface area contributed by atoms with Gasteiger partial charge in [-0.05, 0) is 31.9 Å². The van der Waals surface area contributed by atoms with E-state index >= 15 is 0 Å². The zero-order valence-corrected chi connectivity index (χ0v) is 14.9. The average Bonchev–Trinajstić information content (AvgIpc) is 3.31. The number of hydrogen-bond donors (Lipinski definition) is 1. The Morgan fingerprint density at radius 1 is 1.24 bits per heavy atom. The van der Waals surface area contributed by atoms with E-state index in [1.807, 2.05) is 54.3 Å². The third-order valence-electron chi connectivity index (χ3n) is 4.58. The second-order valence-electron chi connectivity index (χ2n) is 6.41. The fourth-order valence-corrected chi connectivity index (χ4v) is 4.10.